The molecule has 136 valence electrons. The summed E-state index contributed by atoms with van der Waals surface area (Å²) in [6.45, 7) is 7.28. The summed E-state index contributed by atoms with van der Waals surface area (Å²) in [5.41, 5.74) is -2.94. The Hall–Kier alpha value is -1.34. The molecule has 1 saturated carbocycles. The SMILES string of the molecule is CC1(C)OB(C(F)=Cc2ccc(C3(C(F)(F)F)CC3)cc2)OC1(C)C. The summed E-state index contributed by atoms with van der Waals surface area (Å²) in [6, 6.07) is 5.83. The molecule has 1 aliphatic carbocycles. The van der Waals surface area contributed by atoms with Gasteiger partial charge in [-0.1, -0.05) is 24.3 Å². The van der Waals surface area contributed by atoms with Gasteiger partial charge in [-0.15, -0.1) is 0 Å². The zero-order valence-corrected chi connectivity index (χ0v) is 14.7. The molecule has 1 aliphatic heterocycles. The van der Waals surface area contributed by atoms with Gasteiger partial charge in [-0.25, -0.2) is 4.39 Å². The highest BCUT2D eigenvalue weighted by Crippen LogP contribution is 2.58. The molecule has 1 aromatic carbocycles. The summed E-state index contributed by atoms with van der Waals surface area (Å²) in [7, 11) is -1.12. The lowest BCUT2D eigenvalue weighted by Gasteiger charge is -2.32. The Bertz CT molecular complexity index is 672. The molecule has 2 aliphatic rings. The molecule has 1 saturated heterocycles. The average Bonchev–Trinajstić information content (AvgIpc) is 3.24. The Balaban J connectivity index is 1.77. The molecule has 7 heteroatoms. The lowest BCUT2D eigenvalue weighted by molar-refractivity contribution is -0.160. The zero-order chi connectivity index (χ0) is 18.7. The summed E-state index contributed by atoms with van der Waals surface area (Å²) >= 11 is 0. The quantitative estimate of drug-likeness (QED) is 0.546. The van der Waals surface area contributed by atoms with Crippen LogP contribution in [0.25, 0.3) is 6.08 Å². The van der Waals surface area contributed by atoms with E-state index in [0.29, 0.717) is 5.56 Å². The van der Waals surface area contributed by atoms with E-state index in [1.54, 1.807) is 0 Å². The van der Waals surface area contributed by atoms with E-state index in [-0.39, 0.29) is 18.4 Å². The molecule has 1 aromatic rings. The van der Waals surface area contributed by atoms with Crippen molar-refractivity contribution < 1.29 is 26.9 Å². The van der Waals surface area contributed by atoms with Crippen molar-refractivity contribution in [3.63, 3.8) is 0 Å². The maximum absolute atomic E-state index is 14.4. The van der Waals surface area contributed by atoms with Gasteiger partial charge in [0.15, 0.2) is 0 Å². The van der Waals surface area contributed by atoms with Crippen LogP contribution in [0, 0.1) is 0 Å². The minimum atomic E-state index is -4.25. The van der Waals surface area contributed by atoms with Gasteiger partial charge >= 0.3 is 13.3 Å². The second kappa shape index (κ2) is 5.58. The van der Waals surface area contributed by atoms with Gasteiger partial charge in [0.25, 0.3) is 0 Å². The van der Waals surface area contributed by atoms with E-state index in [1.165, 1.54) is 30.3 Å². The first-order chi connectivity index (χ1) is 11.4. The lowest BCUT2D eigenvalue weighted by atomic mass is 9.86. The molecule has 25 heavy (non-hydrogen) atoms. The third kappa shape index (κ3) is 3.12. The summed E-state index contributed by atoms with van der Waals surface area (Å²) in [6.07, 6.45) is -2.81. The first kappa shape index (κ1) is 18.5. The normalized spacial score (nSPS) is 24.5. The van der Waals surface area contributed by atoms with Crippen molar-refractivity contribution in [1.82, 2.24) is 0 Å². The van der Waals surface area contributed by atoms with Crippen LogP contribution in [-0.4, -0.2) is 24.5 Å². The predicted molar refractivity (Wildman–Crippen MR) is 88.6 cm³/mol. The molecule has 0 N–H and O–H groups in total. The molecule has 0 bridgehead atoms. The van der Waals surface area contributed by atoms with Gasteiger partial charge in [0.1, 0.15) is 5.73 Å². The van der Waals surface area contributed by atoms with E-state index < -0.39 is 35.6 Å². The van der Waals surface area contributed by atoms with Crippen LogP contribution in [0.2, 0.25) is 0 Å². The molecule has 2 nitrogen and oxygen atoms in total. The van der Waals surface area contributed by atoms with Gasteiger partial charge in [0.2, 0.25) is 0 Å². The third-order valence-corrected chi connectivity index (χ3v) is 5.54. The molecule has 0 amide bonds. The molecular weight excluding hydrogens is 335 g/mol. The van der Waals surface area contributed by atoms with Crippen molar-refractivity contribution >= 4 is 13.2 Å². The van der Waals surface area contributed by atoms with Crippen LogP contribution in [-0.2, 0) is 14.7 Å². The van der Waals surface area contributed by atoms with Gasteiger partial charge < -0.3 is 9.31 Å². The maximum atomic E-state index is 14.4. The molecule has 0 spiro atoms. The Labute approximate surface area is 145 Å². The monoisotopic (exact) mass is 356 g/mol. The molecule has 0 atom stereocenters. The van der Waals surface area contributed by atoms with Crippen molar-refractivity contribution in [3.8, 4) is 0 Å². The van der Waals surface area contributed by atoms with Crippen molar-refractivity contribution in [2.45, 2.75) is 63.3 Å². The van der Waals surface area contributed by atoms with Crippen molar-refractivity contribution in [1.29, 1.82) is 0 Å². The van der Waals surface area contributed by atoms with Crippen LogP contribution in [0.1, 0.15) is 51.7 Å². The van der Waals surface area contributed by atoms with Gasteiger partial charge in [0.05, 0.1) is 16.6 Å². The fourth-order valence-electron chi connectivity index (χ4n) is 2.94. The highest BCUT2D eigenvalue weighted by Gasteiger charge is 2.64. The summed E-state index contributed by atoms with van der Waals surface area (Å²) in [5.74, 6) is 0. The summed E-state index contributed by atoms with van der Waals surface area (Å²) < 4.78 is 65.1. The Morgan fingerprint density at radius 2 is 1.48 bits per heavy atom. The molecule has 0 aromatic heterocycles. The van der Waals surface area contributed by atoms with Crippen LogP contribution in [0.3, 0.4) is 0 Å². The minimum Gasteiger partial charge on any atom is -0.398 e. The number of halogens is 4. The van der Waals surface area contributed by atoms with Crippen LogP contribution in [0.4, 0.5) is 17.6 Å². The first-order valence-electron chi connectivity index (χ1n) is 8.28. The highest BCUT2D eigenvalue weighted by atomic mass is 19.4. The largest absolute Gasteiger partial charge is 0.525 e. The standard InChI is InChI=1S/C18H21BF4O2/c1-15(2)16(3,4)25-19(24-15)14(20)11-12-5-7-13(8-6-12)17(9-10-17)18(21,22)23/h5-8,11H,9-10H2,1-4H3. The number of rotatable bonds is 3. The van der Waals surface area contributed by atoms with E-state index in [9.17, 15) is 17.6 Å². The molecule has 0 unspecified atom stereocenters. The number of hydrogen-bond donors (Lipinski definition) is 0. The molecular formula is C18H21BF4O2. The number of hydrogen-bond acceptors (Lipinski definition) is 2. The average molecular weight is 356 g/mol. The number of alkyl halides is 3. The fraction of sp³-hybridized carbons (Fsp3) is 0.556. The van der Waals surface area contributed by atoms with Crippen LogP contribution < -0.4 is 0 Å². The molecule has 1 heterocycles. The van der Waals surface area contributed by atoms with Gasteiger partial charge in [-0.2, -0.15) is 13.2 Å². The fourth-order valence-corrected chi connectivity index (χ4v) is 2.94. The van der Waals surface area contributed by atoms with Crippen LogP contribution in [0.15, 0.2) is 30.0 Å². The van der Waals surface area contributed by atoms with Crippen molar-refractivity contribution in [2.75, 3.05) is 0 Å². The molecule has 0 radical (unpaired) electrons. The topological polar surface area (TPSA) is 18.5 Å². The van der Waals surface area contributed by atoms with E-state index in [2.05, 4.69) is 0 Å². The van der Waals surface area contributed by atoms with Crippen molar-refractivity contribution in [3.05, 3.63) is 41.1 Å². The van der Waals surface area contributed by atoms with E-state index >= 15 is 0 Å². The highest BCUT2D eigenvalue weighted by molar-refractivity contribution is 6.54. The van der Waals surface area contributed by atoms with Gasteiger partial charge in [0, 0.05) is 0 Å². The molecule has 2 fully saturated rings. The first-order valence-corrected chi connectivity index (χ1v) is 8.28. The van der Waals surface area contributed by atoms with Crippen LogP contribution >= 0.6 is 0 Å². The maximum Gasteiger partial charge on any atom is 0.525 e. The Kier molecular flexibility index (Phi) is 4.12. The molecule has 3 rings (SSSR count). The van der Waals surface area contributed by atoms with Gasteiger partial charge in [-0.05, 0) is 57.7 Å². The summed E-state index contributed by atoms with van der Waals surface area (Å²) in [4.78, 5) is 0. The second-order valence-electron chi connectivity index (χ2n) is 7.82. The summed E-state index contributed by atoms with van der Waals surface area (Å²) in [5, 5.41) is 0. The van der Waals surface area contributed by atoms with E-state index in [1.807, 2.05) is 27.7 Å². The predicted octanol–water partition coefficient (Wildman–Crippen LogP) is 5.22. The Morgan fingerprint density at radius 3 is 1.88 bits per heavy atom. The third-order valence-electron chi connectivity index (χ3n) is 5.54. The van der Waals surface area contributed by atoms with E-state index in [0.717, 1.165) is 0 Å². The van der Waals surface area contributed by atoms with Crippen LogP contribution in [0.5, 0.6) is 0 Å². The number of benzene rings is 1. The smallest absolute Gasteiger partial charge is 0.398 e. The Morgan fingerprint density at radius 1 is 1.00 bits per heavy atom. The van der Waals surface area contributed by atoms with E-state index in [4.69, 9.17) is 9.31 Å². The minimum absolute atomic E-state index is 0.105. The zero-order valence-electron chi connectivity index (χ0n) is 14.7. The van der Waals surface area contributed by atoms with Gasteiger partial charge in [-0.3, -0.25) is 0 Å². The van der Waals surface area contributed by atoms with Crippen molar-refractivity contribution in [2.24, 2.45) is 0 Å². The second-order valence-corrected chi connectivity index (χ2v) is 7.82. The lowest BCUT2D eigenvalue weighted by Crippen LogP contribution is -2.41.